The molecule has 0 radical (unpaired) electrons. The number of carbonyl (C=O) groups excluding carboxylic acids is 1. The number of hydrogen-bond donors (Lipinski definition) is 2. The van der Waals surface area contributed by atoms with Gasteiger partial charge >= 0.3 is 5.97 Å². The van der Waals surface area contributed by atoms with Crippen molar-refractivity contribution in [2.45, 2.75) is 0 Å². The largest absolute Gasteiger partial charge is 0.465 e. The van der Waals surface area contributed by atoms with E-state index in [-0.39, 0.29) is 0 Å². The molecule has 1 aliphatic heterocycles. The Kier molecular flexibility index (Phi) is 4.01. The van der Waals surface area contributed by atoms with E-state index in [2.05, 4.69) is 5.43 Å². The Morgan fingerprint density at radius 2 is 2.17 bits per heavy atom. The summed E-state index contributed by atoms with van der Waals surface area (Å²) < 4.78 is 10.0. The van der Waals surface area contributed by atoms with E-state index in [1.54, 1.807) is 18.2 Å². The van der Waals surface area contributed by atoms with Crippen LogP contribution in [0, 0.1) is 0 Å². The number of esters is 1. The Bertz CT molecular complexity index is 431. The van der Waals surface area contributed by atoms with Gasteiger partial charge in [-0.3, -0.25) is 0 Å². The number of nitrogen functional groups attached to an aromatic ring is 1. The number of methoxy groups -OCH3 is 1. The normalized spacial score (nSPS) is 16.3. The molecule has 0 bridgehead atoms. The zero-order valence-electron chi connectivity index (χ0n) is 10.3. The van der Waals surface area contributed by atoms with Gasteiger partial charge in [-0.05, 0) is 12.1 Å². The number of hydrazine groups is 1. The molecule has 98 valence electrons. The number of benzene rings is 1. The van der Waals surface area contributed by atoms with E-state index in [0.29, 0.717) is 30.2 Å². The highest BCUT2D eigenvalue weighted by Crippen LogP contribution is 2.24. The lowest BCUT2D eigenvalue weighted by Crippen LogP contribution is -2.40. The number of nitrogens with two attached hydrogens (primary N) is 1. The second-order valence-electron chi connectivity index (χ2n) is 3.97. The van der Waals surface area contributed by atoms with Crippen LogP contribution in [-0.4, -0.2) is 44.4 Å². The van der Waals surface area contributed by atoms with Gasteiger partial charge in [-0.15, -0.1) is 0 Å². The fraction of sp³-hybridized carbons (Fsp3) is 0.417. The average molecular weight is 251 g/mol. The molecule has 3 N–H and O–H groups in total. The smallest absolute Gasteiger partial charge is 0.340 e. The topological polar surface area (TPSA) is 76.8 Å². The monoisotopic (exact) mass is 251 g/mol. The van der Waals surface area contributed by atoms with Crippen LogP contribution >= 0.6 is 0 Å². The maximum absolute atomic E-state index is 11.7. The van der Waals surface area contributed by atoms with E-state index in [0.717, 1.165) is 13.1 Å². The predicted octanol–water partition coefficient (Wildman–Crippen LogP) is 0.714. The lowest BCUT2D eigenvalue weighted by molar-refractivity contribution is 0.0494. The summed E-state index contributed by atoms with van der Waals surface area (Å²) in [6.45, 7) is 2.81. The van der Waals surface area contributed by atoms with Crippen molar-refractivity contribution in [2.75, 3.05) is 44.6 Å². The first-order chi connectivity index (χ1) is 8.72. The van der Waals surface area contributed by atoms with Crippen LogP contribution in [0.1, 0.15) is 10.4 Å². The SMILES string of the molecule is COC(=O)c1cccc(N)c1NN1CCOCC1. The second kappa shape index (κ2) is 5.70. The highest BCUT2D eigenvalue weighted by Gasteiger charge is 2.17. The van der Waals surface area contributed by atoms with Crippen molar-refractivity contribution in [3.8, 4) is 0 Å². The molecule has 0 saturated carbocycles. The predicted molar refractivity (Wildman–Crippen MR) is 68.2 cm³/mol. The summed E-state index contributed by atoms with van der Waals surface area (Å²) in [5, 5.41) is 1.97. The molecule has 1 aromatic rings. The third kappa shape index (κ3) is 2.72. The Hall–Kier alpha value is -1.79. The van der Waals surface area contributed by atoms with Crippen molar-refractivity contribution in [1.82, 2.24) is 5.01 Å². The first-order valence-electron chi connectivity index (χ1n) is 5.78. The quantitative estimate of drug-likeness (QED) is 0.608. The van der Waals surface area contributed by atoms with Gasteiger partial charge in [0.25, 0.3) is 0 Å². The van der Waals surface area contributed by atoms with Gasteiger partial charge in [0, 0.05) is 13.1 Å². The van der Waals surface area contributed by atoms with Crippen LogP contribution in [0.2, 0.25) is 0 Å². The van der Waals surface area contributed by atoms with E-state index in [1.807, 2.05) is 5.01 Å². The molecule has 18 heavy (non-hydrogen) atoms. The molecule has 0 spiro atoms. The summed E-state index contributed by atoms with van der Waals surface area (Å²) in [5.74, 6) is -0.405. The summed E-state index contributed by atoms with van der Waals surface area (Å²) in [4.78, 5) is 11.7. The van der Waals surface area contributed by atoms with Crippen molar-refractivity contribution in [3.05, 3.63) is 23.8 Å². The van der Waals surface area contributed by atoms with Crippen molar-refractivity contribution in [2.24, 2.45) is 0 Å². The Morgan fingerprint density at radius 1 is 1.44 bits per heavy atom. The van der Waals surface area contributed by atoms with Crippen LogP contribution in [0.5, 0.6) is 0 Å². The van der Waals surface area contributed by atoms with Gasteiger partial charge in [0.15, 0.2) is 0 Å². The molecule has 1 aliphatic rings. The molecular formula is C12H17N3O3. The third-order valence-corrected chi connectivity index (χ3v) is 2.78. The number of ether oxygens (including phenoxy) is 2. The molecular weight excluding hydrogens is 234 g/mol. The number of nitrogens with zero attached hydrogens (tertiary/aromatic N) is 1. The fourth-order valence-electron chi connectivity index (χ4n) is 1.81. The highest BCUT2D eigenvalue weighted by atomic mass is 16.5. The molecule has 0 aliphatic carbocycles. The van der Waals surface area contributed by atoms with Gasteiger partial charge in [-0.1, -0.05) is 6.07 Å². The summed E-state index contributed by atoms with van der Waals surface area (Å²) in [6.07, 6.45) is 0. The lowest BCUT2D eigenvalue weighted by atomic mass is 10.1. The Morgan fingerprint density at radius 3 is 2.83 bits per heavy atom. The number of morpholine rings is 1. The zero-order chi connectivity index (χ0) is 13.0. The first kappa shape index (κ1) is 12.7. The van der Waals surface area contributed by atoms with Crippen molar-refractivity contribution in [3.63, 3.8) is 0 Å². The fourth-order valence-corrected chi connectivity index (χ4v) is 1.81. The maximum atomic E-state index is 11.7. The van der Waals surface area contributed by atoms with E-state index in [1.165, 1.54) is 7.11 Å². The molecule has 1 saturated heterocycles. The minimum Gasteiger partial charge on any atom is -0.465 e. The third-order valence-electron chi connectivity index (χ3n) is 2.78. The number of anilines is 2. The lowest BCUT2D eigenvalue weighted by Gasteiger charge is -2.29. The van der Waals surface area contributed by atoms with E-state index in [9.17, 15) is 4.79 Å². The van der Waals surface area contributed by atoms with Crippen molar-refractivity contribution in [1.29, 1.82) is 0 Å². The minimum absolute atomic E-state index is 0.405. The molecule has 0 aromatic heterocycles. The van der Waals surface area contributed by atoms with Crippen LogP contribution < -0.4 is 11.2 Å². The average Bonchev–Trinajstić information content (AvgIpc) is 2.41. The summed E-state index contributed by atoms with van der Waals surface area (Å²) in [6, 6.07) is 5.16. The molecule has 1 fully saturated rings. The summed E-state index contributed by atoms with van der Waals surface area (Å²) in [5.41, 5.74) is 10.6. The second-order valence-corrected chi connectivity index (χ2v) is 3.97. The maximum Gasteiger partial charge on any atom is 0.340 e. The van der Waals surface area contributed by atoms with Crippen LogP contribution in [0.3, 0.4) is 0 Å². The number of para-hydroxylation sites is 1. The van der Waals surface area contributed by atoms with Gasteiger partial charge in [-0.2, -0.15) is 0 Å². The number of carbonyl (C=O) groups is 1. The molecule has 2 rings (SSSR count). The molecule has 6 nitrogen and oxygen atoms in total. The number of hydrogen-bond acceptors (Lipinski definition) is 6. The van der Waals surface area contributed by atoms with Gasteiger partial charge in [0.1, 0.15) is 0 Å². The van der Waals surface area contributed by atoms with Crippen LogP contribution in [-0.2, 0) is 9.47 Å². The zero-order valence-corrected chi connectivity index (χ0v) is 10.3. The van der Waals surface area contributed by atoms with Crippen LogP contribution in [0.4, 0.5) is 11.4 Å². The molecule has 0 amide bonds. The summed E-state index contributed by atoms with van der Waals surface area (Å²) in [7, 11) is 1.35. The Balaban J connectivity index is 2.21. The molecule has 6 heteroatoms. The van der Waals surface area contributed by atoms with Crippen molar-refractivity contribution < 1.29 is 14.3 Å². The standard InChI is InChI=1S/C12H17N3O3/c1-17-12(16)9-3-2-4-10(13)11(9)14-15-5-7-18-8-6-15/h2-4,14H,5-8,13H2,1H3. The van der Waals surface area contributed by atoms with Gasteiger partial charge in [-0.25, -0.2) is 9.80 Å². The molecule has 0 atom stereocenters. The molecule has 1 aromatic carbocycles. The van der Waals surface area contributed by atoms with E-state index >= 15 is 0 Å². The van der Waals surface area contributed by atoms with E-state index in [4.69, 9.17) is 15.2 Å². The van der Waals surface area contributed by atoms with Gasteiger partial charge in [0.05, 0.1) is 37.3 Å². The Labute approximate surface area is 106 Å². The number of rotatable bonds is 3. The minimum atomic E-state index is -0.405. The van der Waals surface area contributed by atoms with Gasteiger partial charge < -0.3 is 20.6 Å². The van der Waals surface area contributed by atoms with Crippen molar-refractivity contribution >= 4 is 17.3 Å². The number of nitrogens with one attached hydrogen (secondary N) is 1. The highest BCUT2D eigenvalue weighted by molar-refractivity contribution is 5.98. The van der Waals surface area contributed by atoms with E-state index < -0.39 is 5.97 Å². The molecule has 0 unspecified atom stereocenters. The van der Waals surface area contributed by atoms with Gasteiger partial charge in [0.2, 0.25) is 0 Å². The van der Waals surface area contributed by atoms with Crippen LogP contribution in [0.25, 0.3) is 0 Å². The van der Waals surface area contributed by atoms with Crippen LogP contribution in [0.15, 0.2) is 18.2 Å². The summed E-state index contributed by atoms with van der Waals surface area (Å²) >= 11 is 0. The first-order valence-corrected chi connectivity index (χ1v) is 5.78. The molecule has 1 heterocycles.